The summed E-state index contributed by atoms with van der Waals surface area (Å²) < 4.78 is 31.7. The first-order chi connectivity index (χ1) is 15.7. The average molecular weight is 514 g/mol. The van der Waals surface area contributed by atoms with Crippen LogP contribution in [-0.2, 0) is 32.6 Å². The summed E-state index contributed by atoms with van der Waals surface area (Å²) in [5, 5.41) is 3.47. The number of hydrogen-bond acceptors (Lipinski definition) is 5. The topological polar surface area (TPSA) is 79.0 Å². The molecule has 0 radical (unpaired) electrons. The van der Waals surface area contributed by atoms with Crippen molar-refractivity contribution in [2.75, 3.05) is 36.9 Å². The predicted octanol–water partition coefficient (Wildman–Crippen LogP) is 3.69. The minimum atomic E-state index is -3.77. The summed E-state index contributed by atoms with van der Waals surface area (Å²) in [6.45, 7) is 6.14. The number of sulfonamides is 1. The molecule has 7 nitrogen and oxygen atoms in total. The molecule has 2 aromatic carbocycles. The third-order valence-electron chi connectivity index (χ3n) is 5.40. The van der Waals surface area contributed by atoms with Crippen LogP contribution in [0.3, 0.4) is 0 Å². The maximum absolute atomic E-state index is 13.1. The SMILES string of the molecule is CC[C@@H](C(=O)NCc1cccc(CN2CCOCC2)c1)N(c1cc(Cl)cc(Cl)c1)S(C)(=O)=O. The molecule has 0 saturated carbocycles. The van der Waals surface area contributed by atoms with Crippen LogP contribution in [0.25, 0.3) is 0 Å². The van der Waals surface area contributed by atoms with Crippen molar-refractivity contribution in [3.8, 4) is 0 Å². The number of anilines is 1. The van der Waals surface area contributed by atoms with Crippen molar-refractivity contribution in [3.63, 3.8) is 0 Å². The van der Waals surface area contributed by atoms with Crippen LogP contribution < -0.4 is 9.62 Å². The molecule has 10 heteroatoms. The standard InChI is InChI=1S/C23H29Cl2N3O4S/c1-3-22(28(33(2,30)31)21-13-19(24)12-20(25)14-21)23(29)26-15-17-5-4-6-18(11-17)16-27-7-9-32-10-8-27/h4-6,11-14,22H,3,7-10,15-16H2,1-2H3,(H,26,29)/t22-/m0/s1. The van der Waals surface area contributed by atoms with Gasteiger partial charge in [-0.3, -0.25) is 14.0 Å². The van der Waals surface area contributed by atoms with Crippen molar-refractivity contribution >= 4 is 44.8 Å². The van der Waals surface area contributed by atoms with Gasteiger partial charge in [-0.15, -0.1) is 0 Å². The molecule has 1 heterocycles. The second-order valence-electron chi connectivity index (χ2n) is 8.04. The number of carbonyl (C=O) groups excluding carboxylic acids is 1. The zero-order valence-electron chi connectivity index (χ0n) is 18.8. The quantitative estimate of drug-likeness (QED) is 0.553. The fourth-order valence-electron chi connectivity index (χ4n) is 3.89. The molecule has 180 valence electrons. The number of nitrogens with zero attached hydrogens (tertiary/aromatic N) is 2. The summed E-state index contributed by atoms with van der Waals surface area (Å²) in [5.41, 5.74) is 2.35. The molecule has 1 fully saturated rings. The molecule has 1 N–H and O–H groups in total. The highest BCUT2D eigenvalue weighted by molar-refractivity contribution is 7.92. The molecule has 0 bridgehead atoms. The van der Waals surface area contributed by atoms with E-state index < -0.39 is 22.0 Å². The molecule has 1 saturated heterocycles. The Balaban J connectivity index is 1.72. The molecular formula is C23H29Cl2N3O4S. The molecule has 2 aromatic rings. The van der Waals surface area contributed by atoms with E-state index in [1.54, 1.807) is 6.92 Å². The number of carbonyl (C=O) groups is 1. The Kier molecular flexibility index (Phi) is 9.01. The zero-order chi connectivity index (χ0) is 24.0. The minimum absolute atomic E-state index is 0.254. The van der Waals surface area contributed by atoms with Crippen molar-refractivity contribution in [3.05, 3.63) is 63.6 Å². The molecule has 1 aliphatic rings. The number of rotatable bonds is 9. The predicted molar refractivity (Wildman–Crippen MR) is 132 cm³/mol. The molecule has 0 unspecified atom stereocenters. The van der Waals surface area contributed by atoms with E-state index >= 15 is 0 Å². The van der Waals surface area contributed by atoms with Gasteiger partial charge in [-0.25, -0.2) is 8.42 Å². The van der Waals surface area contributed by atoms with Gasteiger partial charge in [-0.1, -0.05) is 54.4 Å². The highest BCUT2D eigenvalue weighted by Gasteiger charge is 2.31. The third kappa shape index (κ3) is 7.32. The number of nitrogens with one attached hydrogen (secondary N) is 1. The van der Waals surface area contributed by atoms with Gasteiger partial charge in [0, 0.05) is 36.2 Å². The molecule has 3 rings (SSSR count). The molecule has 33 heavy (non-hydrogen) atoms. The fraction of sp³-hybridized carbons (Fsp3) is 0.435. The van der Waals surface area contributed by atoms with E-state index in [9.17, 15) is 13.2 Å². The number of hydrogen-bond donors (Lipinski definition) is 1. The lowest BCUT2D eigenvalue weighted by molar-refractivity contribution is -0.122. The number of halogens is 2. The van der Waals surface area contributed by atoms with E-state index in [4.69, 9.17) is 27.9 Å². The Bertz CT molecular complexity index is 1050. The lowest BCUT2D eigenvalue weighted by Gasteiger charge is -2.30. The van der Waals surface area contributed by atoms with Crippen LogP contribution in [0.15, 0.2) is 42.5 Å². The summed E-state index contributed by atoms with van der Waals surface area (Å²) in [6.07, 6.45) is 1.34. The van der Waals surface area contributed by atoms with Gasteiger partial charge in [0.15, 0.2) is 0 Å². The van der Waals surface area contributed by atoms with E-state index in [1.165, 1.54) is 18.2 Å². The van der Waals surface area contributed by atoms with Crippen molar-refractivity contribution in [2.24, 2.45) is 0 Å². The second-order valence-corrected chi connectivity index (χ2v) is 10.8. The van der Waals surface area contributed by atoms with Gasteiger partial charge < -0.3 is 10.1 Å². The lowest BCUT2D eigenvalue weighted by Crippen LogP contribution is -2.49. The summed E-state index contributed by atoms with van der Waals surface area (Å²) in [5.74, 6) is -0.391. The normalized spacial score (nSPS) is 15.8. The van der Waals surface area contributed by atoms with E-state index in [0.717, 1.165) is 54.5 Å². The number of benzene rings is 2. The Morgan fingerprint density at radius 2 is 1.76 bits per heavy atom. The minimum Gasteiger partial charge on any atom is -0.379 e. The van der Waals surface area contributed by atoms with Crippen LogP contribution in [-0.4, -0.2) is 57.8 Å². The van der Waals surface area contributed by atoms with E-state index in [0.29, 0.717) is 16.6 Å². The van der Waals surface area contributed by atoms with Crippen molar-refractivity contribution in [1.29, 1.82) is 0 Å². The molecule has 1 amide bonds. The van der Waals surface area contributed by atoms with Crippen LogP contribution in [0.2, 0.25) is 10.0 Å². The Morgan fingerprint density at radius 3 is 2.36 bits per heavy atom. The van der Waals surface area contributed by atoms with Crippen molar-refractivity contribution in [2.45, 2.75) is 32.5 Å². The van der Waals surface area contributed by atoms with Gasteiger partial charge in [0.05, 0.1) is 25.2 Å². The summed E-state index contributed by atoms with van der Waals surface area (Å²) >= 11 is 12.2. The van der Waals surface area contributed by atoms with E-state index in [2.05, 4.69) is 22.3 Å². The van der Waals surface area contributed by atoms with Crippen molar-refractivity contribution < 1.29 is 17.9 Å². The smallest absolute Gasteiger partial charge is 0.244 e. The molecule has 1 atom stereocenters. The largest absolute Gasteiger partial charge is 0.379 e. The van der Waals surface area contributed by atoms with Crippen LogP contribution >= 0.6 is 23.2 Å². The molecule has 0 aliphatic carbocycles. The lowest BCUT2D eigenvalue weighted by atomic mass is 10.1. The van der Waals surface area contributed by atoms with E-state index in [1.807, 2.05) is 12.1 Å². The maximum Gasteiger partial charge on any atom is 0.244 e. The van der Waals surface area contributed by atoms with Crippen LogP contribution in [0.4, 0.5) is 5.69 Å². The van der Waals surface area contributed by atoms with Gasteiger partial charge in [0.25, 0.3) is 0 Å². The summed E-state index contributed by atoms with van der Waals surface area (Å²) in [4.78, 5) is 15.4. The van der Waals surface area contributed by atoms with Gasteiger partial charge in [-0.05, 0) is 35.7 Å². The Labute approximate surface area is 205 Å². The zero-order valence-corrected chi connectivity index (χ0v) is 21.1. The van der Waals surface area contributed by atoms with Gasteiger partial charge >= 0.3 is 0 Å². The Morgan fingerprint density at radius 1 is 1.12 bits per heavy atom. The molecule has 0 spiro atoms. The number of ether oxygens (including phenoxy) is 1. The first kappa shape index (κ1) is 25.8. The second kappa shape index (κ2) is 11.5. The highest BCUT2D eigenvalue weighted by atomic mass is 35.5. The monoisotopic (exact) mass is 513 g/mol. The maximum atomic E-state index is 13.1. The summed E-state index contributed by atoms with van der Waals surface area (Å²) in [7, 11) is -3.77. The fourth-order valence-corrected chi connectivity index (χ4v) is 5.60. The number of amides is 1. The average Bonchev–Trinajstić information content (AvgIpc) is 2.75. The van der Waals surface area contributed by atoms with Gasteiger partial charge in [0.2, 0.25) is 15.9 Å². The van der Waals surface area contributed by atoms with Gasteiger partial charge in [0.1, 0.15) is 6.04 Å². The van der Waals surface area contributed by atoms with Crippen LogP contribution in [0.5, 0.6) is 0 Å². The Hall–Kier alpha value is -1.84. The first-order valence-electron chi connectivity index (χ1n) is 10.8. The van der Waals surface area contributed by atoms with E-state index in [-0.39, 0.29) is 12.1 Å². The van der Waals surface area contributed by atoms with Gasteiger partial charge in [-0.2, -0.15) is 0 Å². The van der Waals surface area contributed by atoms with Crippen LogP contribution in [0, 0.1) is 0 Å². The molecule has 0 aromatic heterocycles. The molecular weight excluding hydrogens is 485 g/mol. The third-order valence-corrected chi connectivity index (χ3v) is 7.02. The first-order valence-corrected chi connectivity index (χ1v) is 13.4. The highest BCUT2D eigenvalue weighted by Crippen LogP contribution is 2.29. The van der Waals surface area contributed by atoms with Crippen molar-refractivity contribution in [1.82, 2.24) is 10.2 Å². The summed E-state index contributed by atoms with van der Waals surface area (Å²) in [6, 6.07) is 11.6. The molecule has 1 aliphatic heterocycles. The van der Waals surface area contributed by atoms with Crippen LogP contribution in [0.1, 0.15) is 24.5 Å². The number of morpholine rings is 1.